The molecule has 27 heavy (non-hydrogen) atoms. The molecule has 8 nitrogen and oxygen atoms in total. The number of nitro groups is 1. The van der Waals surface area contributed by atoms with Gasteiger partial charge in [0.05, 0.1) is 22.2 Å². The second-order valence-electron chi connectivity index (χ2n) is 6.02. The van der Waals surface area contributed by atoms with E-state index in [0.717, 1.165) is 4.57 Å². The van der Waals surface area contributed by atoms with Gasteiger partial charge in [-0.1, -0.05) is 12.1 Å². The Labute approximate surface area is 152 Å². The lowest BCUT2D eigenvalue weighted by atomic mass is 10.2. The predicted octanol–water partition coefficient (Wildman–Crippen LogP) is 2.10. The van der Waals surface area contributed by atoms with Gasteiger partial charge in [0, 0.05) is 25.7 Å². The molecule has 0 aliphatic heterocycles. The maximum absolute atomic E-state index is 13.2. The fraction of sp³-hybridized carbons (Fsp3) is 0.167. The molecule has 0 aliphatic carbocycles. The van der Waals surface area contributed by atoms with Gasteiger partial charge in [-0.25, -0.2) is 9.37 Å². The third-order valence-corrected chi connectivity index (χ3v) is 4.06. The number of aromatic nitrogens is 2. The van der Waals surface area contributed by atoms with E-state index < -0.39 is 16.3 Å². The van der Waals surface area contributed by atoms with Crippen molar-refractivity contribution >= 4 is 22.5 Å². The van der Waals surface area contributed by atoms with Crippen LogP contribution in [-0.2, 0) is 17.9 Å². The summed E-state index contributed by atoms with van der Waals surface area (Å²) < 4.78 is 14.4. The van der Waals surface area contributed by atoms with E-state index in [2.05, 4.69) is 4.98 Å². The number of rotatable bonds is 5. The zero-order valence-corrected chi connectivity index (χ0v) is 14.3. The van der Waals surface area contributed by atoms with Crippen LogP contribution in [0.5, 0.6) is 0 Å². The molecule has 3 aromatic rings. The van der Waals surface area contributed by atoms with Gasteiger partial charge in [-0.05, 0) is 23.8 Å². The summed E-state index contributed by atoms with van der Waals surface area (Å²) in [6.45, 7) is -0.0525. The van der Waals surface area contributed by atoms with Crippen molar-refractivity contribution < 1.29 is 14.1 Å². The largest absolute Gasteiger partial charge is 0.340 e. The normalized spacial score (nSPS) is 10.7. The first-order valence-corrected chi connectivity index (χ1v) is 7.97. The minimum Gasteiger partial charge on any atom is -0.340 e. The Morgan fingerprint density at radius 3 is 2.78 bits per heavy atom. The molecule has 0 fully saturated rings. The Hall–Kier alpha value is -3.62. The number of nitro benzene ring substituents is 1. The van der Waals surface area contributed by atoms with Crippen molar-refractivity contribution in [2.24, 2.45) is 0 Å². The minimum absolute atomic E-state index is 0.168. The average Bonchev–Trinajstić information content (AvgIpc) is 2.63. The van der Waals surface area contributed by atoms with Gasteiger partial charge in [-0.2, -0.15) is 0 Å². The molecule has 0 bridgehead atoms. The standard InChI is InChI=1S/C18H15FN4O4/c1-21(9-12-3-2-4-13(19)7-12)17(24)10-22-11-20-16-8-14(23(26)27)5-6-15(16)18(22)25/h2-8,11H,9-10H2,1H3. The number of benzene rings is 2. The predicted molar refractivity (Wildman–Crippen MR) is 95.5 cm³/mol. The van der Waals surface area contributed by atoms with Gasteiger partial charge < -0.3 is 4.90 Å². The number of nitrogens with zero attached hydrogens (tertiary/aromatic N) is 4. The Kier molecular flexibility index (Phi) is 4.93. The summed E-state index contributed by atoms with van der Waals surface area (Å²) in [4.78, 5) is 40.5. The van der Waals surface area contributed by atoms with Gasteiger partial charge >= 0.3 is 0 Å². The van der Waals surface area contributed by atoms with E-state index in [0.29, 0.717) is 5.56 Å². The summed E-state index contributed by atoms with van der Waals surface area (Å²) in [7, 11) is 1.55. The molecular weight excluding hydrogens is 355 g/mol. The number of hydrogen-bond acceptors (Lipinski definition) is 5. The zero-order valence-electron chi connectivity index (χ0n) is 14.3. The summed E-state index contributed by atoms with van der Waals surface area (Å²) in [5.74, 6) is -0.748. The maximum atomic E-state index is 13.2. The van der Waals surface area contributed by atoms with E-state index in [-0.39, 0.29) is 35.6 Å². The summed E-state index contributed by atoms with van der Waals surface area (Å²) in [6, 6.07) is 9.65. The highest BCUT2D eigenvalue weighted by molar-refractivity contribution is 5.80. The molecule has 0 aliphatic rings. The molecule has 0 atom stereocenters. The number of carbonyl (C=O) groups excluding carboxylic acids is 1. The number of fused-ring (bicyclic) bond motifs is 1. The second-order valence-corrected chi connectivity index (χ2v) is 6.02. The molecule has 0 N–H and O–H groups in total. The molecule has 0 radical (unpaired) electrons. The van der Waals surface area contributed by atoms with Gasteiger partial charge in [-0.3, -0.25) is 24.3 Å². The minimum atomic E-state index is -0.572. The lowest BCUT2D eigenvalue weighted by molar-refractivity contribution is -0.384. The average molecular weight is 370 g/mol. The molecule has 0 unspecified atom stereocenters. The van der Waals surface area contributed by atoms with E-state index in [4.69, 9.17) is 0 Å². The van der Waals surface area contributed by atoms with Crippen molar-refractivity contribution in [1.82, 2.24) is 14.5 Å². The maximum Gasteiger partial charge on any atom is 0.271 e. The van der Waals surface area contributed by atoms with Crippen molar-refractivity contribution in [2.45, 2.75) is 13.1 Å². The number of non-ortho nitro benzene ring substituents is 1. The molecule has 3 rings (SSSR count). The molecule has 1 aromatic heterocycles. The molecular formula is C18H15FN4O4. The quantitative estimate of drug-likeness (QED) is 0.506. The van der Waals surface area contributed by atoms with Gasteiger partial charge in [0.2, 0.25) is 5.91 Å². The van der Waals surface area contributed by atoms with Crippen LogP contribution in [0, 0.1) is 15.9 Å². The van der Waals surface area contributed by atoms with Crippen LogP contribution >= 0.6 is 0 Å². The van der Waals surface area contributed by atoms with Crippen LogP contribution in [0.1, 0.15) is 5.56 Å². The van der Waals surface area contributed by atoms with Crippen molar-refractivity contribution in [3.63, 3.8) is 0 Å². The molecule has 0 spiro atoms. The van der Waals surface area contributed by atoms with E-state index >= 15 is 0 Å². The molecule has 2 aromatic carbocycles. The van der Waals surface area contributed by atoms with Crippen LogP contribution in [0.15, 0.2) is 53.6 Å². The lowest BCUT2D eigenvalue weighted by Gasteiger charge is -2.18. The van der Waals surface area contributed by atoms with Crippen LogP contribution in [-0.4, -0.2) is 32.3 Å². The van der Waals surface area contributed by atoms with Gasteiger partial charge in [0.15, 0.2) is 0 Å². The summed E-state index contributed by atoms with van der Waals surface area (Å²) in [6.07, 6.45) is 1.18. The fourth-order valence-electron chi connectivity index (χ4n) is 2.64. The first-order valence-electron chi connectivity index (χ1n) is 7.97. The number of halogens is 1. The lowest BCUT2D eigenvalue weighted by Crippen LogP contribution is -2.33. The third-order valence-electron chi connectivity index (χ3n) is 4.06. The SMILES string of the molecule is CN(Cc1cccc(F)c1)C(=O)Cn1cnc2cc([N+](=O)[O-])ccc2c1=O. The number of carbonyl (C=O) groups is 1. The Balaban J connectivity index is 1.80. The molecule has 138 valence electrons. The highest BCUT2D eigenvalue weighted by atomic mass is 19.1. The van der Waals surface area contributed by atoms with Crippen LogP contribution in [0.25, 0.3) is 10.9 Å². The Morgan fingerprint density at radius 1 is 1.30 bits per heavy atom. The highest BCUT2D eigenvalue weighted by Gasteiger charge is 2.14. The number of likely N-dealkylation sites (N-methyl/N-ethyl adjacent to an activating group) is 1. The monoisotopic (exact) mass is 370 g/mol. The zero-order chi connectivity index (χ0) is 19.6. The Bertz CT molecular complexity index is 1100. The molecule has 1 amide bonds. The van der Waals surface area contributed by atoms with Crippen LogP contribution in [0.4, 0.5) is 10.1 Å². The van der Waals surface area contributed by atoms with Crippen molar-refractivity contribution in [3.05, 3.63) is 80.6 Å². The Morgan fingerprint density at radius 2 is 2.07 bits per heavy atom. The summed E-state index contributed by atoms with van der Waals surface area (Å²) >= 11 is 0. The first-order chi connectivity index (χ1) is 12.8. The number of hydrogen-bond donors (Lipinski definition) is 0. The van der Waals surface area contributed by atoms with Crippen molar-refractivity contribution in [1.29, 1.82) is 0 Å². The smallest absolute Gasteiger partial charge is 0.271 e. The molecule has 0 saturated heterocycles. The van der Waals surface area contributed by atoms with Crippen molar-refractivity contribution in [3.8, 4) is 0 Å². The van der Waals surface area contributed by atoms with Gasteiger partial charge in [0.25, 0.3) is 11.2 Å². The van der Waals surface area contributed by atoms with E-state index in [1.807, 2.05) is 0 Å². The van der Waals surface area contributed by atoms with Crippen LogP contribution < -0.4 is 5.56 Å². The van der Waals surface area contributed by atoms with E-state index in [1.165, 1.54) is 41.6 Å². The van der Waals surface area contributed by atoms with E-state index in [1.54, 1.807) is 19.2 Å². The van der Waals surface area contributed by atoms with Gasteiger partial charge in [-0.15, -0.1) is 0 Å². The van der Waals surface area contributed by atoms with Crippen LogP contribution in [0.3, 0.4) is 0 Å². The fourth-order valence-corrected chi connectivity index (χ4v) is 2.64. The third kappa shape index (κ3) is 3.97. The molecule has 0 saturated carbocycles. The first kappa shape index (κ1) is 18.2. The van der Waals surface area contributed by atoms with Crippen LogP contribution in [0.2, 0.25) is 0 Å². The highest BCUT2D eigenvalue weighted by Crippen LogP contribution is 2.16. The molecule has 9 heteroatoms. The van der Waals surface area contributed by atoms with Gasteiger partial charge in [0.1, 0.15) is 12.4 Å². The topological polar surface area (TPSA) is 98.3 Å². The second kappa shape index (κ2) is 7.32. The summed E-state index contributed by atoms with van der Waals surface area (Å²) in [5, 5.41) is 11.0. The number of amides is 1. The summed E-state index contributed by atoms with van der Waals surface area (Å²) in [5.41, 5.74) is 0.175. The molecule has 1 heterocycles. The van der Waals surface area contributed by atoms with Crippen molar-refractivity contribution in [2.75, 3.05) is 7.05 Å². The van der Waals surface area contributed by atoms with E-state index in [9.17, 15) is 24.1 Å².